The Labute approximate surface area is 126 Å². The zero-order chi connectivity index (χ0) is 15.0. The highest BCUT2D eigenvalue weighted by Crippen LogP contribution is 2.23. The van der Waals surface area contributed by atoms with E-state index in [1.165, 1.54) is 28.1 Å². The van der Waals surface area contributed by atoms with E-state index in [9.17, 15) is 0 Å². The molecular weight excluding hydrogens is 260 g/mol. The maximum absolute atomic E-state index is 4.81. The quantitative estimate of drug-likeness (QED) is 0.876. The van der Waals surface area contributed by atoms with Crippen LogP contribution in [0.1, 0.15) is 30.5 Å². The van der Waals surface area contributed by atoms with Gasteiger partial charge in [-0.3, -0.25) is 4.99 Å². The van der Waals surface area contributed by atoms with Gasteiger partial charge in [0.05, 0.1) is 6.54 Å². The number of fused-ring (bicyclic) bond motifs is 1. The summed E-state index contributed by atoms with van der Waals surface area (Å²) in [7, 11) is 0. The van der Waals surface area contributed by atoms with Crippen LogP contribution in [0, 0.1) is 13.8 Å². The van der Waals surface area contributed by atoms with Crippen LogP contribution >= 0.6 is 0 Å². The number of benzene rings is 1. The standard InChI is InChI=1S/C17H22N4/c1-11-6-5-7-12(2)15(11)10-19-16-17-20-13(3)14(4)21(17)9-8-18-16/h5-9,17,20H,10H2,1-4H3,(H,18,19). The summed E-state index contributed by atoms with van der Waals surface area (Å²) >= 11 is 0. The average molecular weight is 282 g/mol. The van der Waals surface area contributed by atoms with Crippen molar-refractivity contribution in [2.45, 2.75) is 40.4 Å². The van der Waals surface area contributed by atoms with Crippen molar-refractivity contribution in [3.63, 3.8) is 0 Å². The molecule has 110 valence electrons. The van der Waals surface area contributed by atoms with Gasteiger partial charge in [-0.25, -0.2) is 0 Å². The van der Waals surface area contributed by atoms with Gasteiger partial charge < -0.3 is 15.5 Å². The normalized spacial score (nSPS) is 22.4. The Morgan fingerprint density at radius 2 is 1.86 bits per heavy atom. The number of nitrogens with one attached hydrogen (secondary N) is 2. The fourth-order valence-electron chi connectivity index (χ4n) is 2.84. The number of hydrogen-bond donors (Lipinski definition) is 2. The molecule has 1 aromatic carbocycles. The summed E-state index contributed by atoms with van der Waals surface area (Å²) in [6, 6.07) is 6.39. The summed E-state index contributed by atoms with van der Waals surface area (Å²) in [6.07, 6.45) is 4.10. The summed E-state index contributed by atoms with van der Waals surface area (Å²) in [5.74, 6) is 0.969. The maximum Gasteiger partial charge on any atom is 0.162 e. The molecule has 4 heteroatoms. The van der Waals surface area contributed by atoms with Crippen LogP contribution in [0.2, 0.25) is 0 Å². The minimum Gasteiger partial charge on any atom is -0.361 e. The first kappa shape index (κ1) is 13.7. The van der Waals surface area contributed by atoms with Crippen molar-refractivity contribution in [1.82, 2.24) is 15.5 Å². The molecule has 1 aromatic rings. The zero-order valence-corrected chi connectivity index (χ0v) is 13.1. The van der Waals surface area contributed by atoms with Crippen LogP contribution < -0.4 is 10.6 Å². The van der Waals surface area contributed by atoms with Crippen molar-refractivity contribution in [1.29, 1.82) is 0 Å². The molecule has 4 nitrogen and oxygen atoms in total. The molecule has 2 heterocycles. The molecule has 0 amide bonds. The van der Waals surface area contributed by atoms with Crippen molar-refractivity contribution in [3.8, 4) is 0 Å². The first-order chi connectivity index (χ1) is 10.1. The maximum atomic E-state index is 4.81. The van der Waals surface area contributed by atoms with Crippen LogP contribution in [-0.4, -0.2) is 16.9 Å². The van der Waals surface area contributed by atoms with E-state index >= 15 is 0 Å². The molecule has 21 heavy (non-hydrogen) atoms. The highest BCUT2D eigenvalue weighted by atomic mass is 15.4. The highest BCUT2D eigenvalue weighted by Gasteiger charge is 2.31. The van der Waals surface area contributed by atoms with Gasteiger partial charge in [-0.1, -0.05) is 18.2 Å². The number of aryl methyl sites for hydroxylation is 2. The highest BCUT2D eigenvalue weighted by molar-refractivity contribution is 5.90. The van der Waals surface area contributed by atoms with Crippen LogP contribution in [0.5, 0.6) is 0 Å². The molecule has 0 saturated carbocycles. The number of amidine groups is 1. The van der Waals surface area contributed by atoms with Crippen LogP contribution in [0.4, 0.5) is 0 Å². The molecule has 2 aliphatic heterocycles. The third kappa shape index (κ3) is 2.42. The third-order valence-corrected chi connectivity index (χ3v) is 4.34. The molecule has 0 spiro atoms. The fourth-order valence-corrected chi connectivity index (χ4v) is 2.84. The predicted molar refractivity (Wildman–Crippen MR) is 86.5 cm³/mol. The topological polar surface area (TPSA) is 39.7 Å². The van der Waals surface area contributed by atoms with Crippen LogP contribution in [-0.2, 0) is 6.54 Å². The molecule has 0 bridgehead atoms. The molecule has 3 rings (SSSR count). The van der Waals surface area contributed by atoms with E-state index in [-0.39, 0.29) is 6.17 Å². The number of rotatable bonds is 2. The second kappa shape index (κ2) is 5.28. The van der Waals surface area contributed by atoms with E-state index in [1.54, 1.807) is 0 Å². The molecule has 0 aliphatic carbocycles. The van der Waals surface area contributed by atoms with E-state index in [2.05, 4.69) is 67.6 Å². The number of aliphatic imine (C=N–C) groups is 1. The minimum absolute atomic E-state index is 0.0966. The fraction of sp³-hybridized carbons (Fsp3) is 0.353. The van der Waals surface area contributed by atoms with Crippen molar-refractivity contribution in [2.24, 2.45) is 4.99 Å². The first-order valence-corrected chi connectivity index (χ1v) is 7.33. The van der Waals surface area contributed by atoms with Gasteiger partial charge in [0.2, 0.25) is 0 Å². The lowest BCUT2D eigenvalue weighted by Crippen LogP contribution is -2.49. The van der Waals surface area contributed by atoms with Gasteiger partial charge in [0.25, 0.3) is 0 Å². The lowest BCUT2D eigenvalue weighted by molar-refractivity contribution is 0.408. The van der Waals surface area contributed by atoms with Gasteiger partial charge in [-0.05, 0) is 44.4 Å². The van der Waals surface area contributed by atoms with E-state index in [1.807, 2.05) is 6.20 Å². The summed E-state index contributed by atoms with van der Waals surface area (Å²) in [5, 5.41) is 6.76. The van der Waals surface area contributed by atoms with Crippen LogP contribution in [0.3, 0.4) is 0 Å². The Balaban J connectivity index is 1.84. The summed E-state index contributed by atoms with van der Waals surface area (Å²) in [6.45, 7) is 9.23. The van der Waals surface area contributed by atoms with Crippen molar-refractivity contribution in [3.05, 3.63) is 58.7 Å². The van der Waals surface area contributed by atoms with Gasteiger partial charge in [-0.2, -0.15) is 0 Å². The SMILES string of the molecule is CC1=C(C)N2C=CNC(=NCc3c(C)cccc3C)C2N1. The Hall–Kier alpha value is -2.23. The lowest BCUT2D eigenvalue weighted by Gasteiger charge is -2.29. The van der Waals surface area contributed by atoms with Gasteiger partial charge in [0, 0.05) is 23.8 Å². The summed E-state index contributed by atoms with van der Waals surface area (Å²) < 4.78 is 0. The lowest BCUT2D eigenvalue weighted by atomic mass is 10.0. The molecule has 0 radical (unpaired) electrons. The van der Waals surface area contributed by atoms with Crippen LogP contribution in [0.25, 0.3) is 0 Å². The zero-order valence-electron chi connectivity index (χ0n) is 13.1. The molecule has 0 aromatic heterocycles. The Morgan fingerprint density at radius 1 is 1.14 bits per heavy atom. The van der Waals surface area contributed by atoms with Crippen molar-refractivity contribution < 1.29 is 0 Å². The van der Waals surface area contributed by atoms with Crippen LogP contribution in [0.15, 0.2) is 47.0 Å². The molecule has 2 aliphatic rings. The first-order valence-electron chi connectivity index (χ1n) is 7.33. The molecule has 2 N–H and O–H groups in total. The van der Waals surface area contributed by atoms with E-state index in [0.29, 0.717) is 6.54 Å². The predicted octanol–water partition coefficient (Wildman–Crippen LogP) is 2.76. The Bertz CT molecular complexity index is 635. The van der Waals surface area contributed by atoms with Gasteiger partial charge in [0.1, 0.15) is 5.84 Å². The van der Waals surface area contributed by atoms with E-state index < -0.39 is 0 Å². The minimum atomic E-state index is 0.0966. The Morgan fingerprint density at radius 3 is 2.57 bits per heavy atom. The number of allylic oxidation sites excluding steroid dienone is 2. The van der Waals surface area contributed by atoms with Gasteiger partial charge in [0.15, 0.2) is 6.17 Å². The smallest absolute Gasteiger partial charge is 0.162 e. The largest absolute Gasteiger partial charge is 0.361 e. The molecule has 1 unspecified atom stereocenters. The molecular formula is C17H22N4. The van der Waals surface area contributed by atoms with Gasteiger partial charge in [-0.15, -0.1) is 0 Å². The second-order valence-electron chi connectivity index (χ2n) is 5.70. The van der Waals surface area contributed by atoms with Crippen molar-refractivity contribution >= 4 is 5.84 Å². The molecule has 0 saturated heterocycles. The number of nitrogens with zero attached hydrogens (tertiary/aromatic N) is 2. The monoisotopic (exact) mass is 282 g/mol. The Kier molecular flexibility index (Phi) is 3.45. The summed E-state index contributed by atoms with van der Waals surface area (Å²) in [4.78, 5) is 7.03. The molecule has 0 fully saturated rings. The average Bonchev–Trinajstić information content (AvgIpc) is 2.75. The third-order valence-electron chi connectivity index (χ3n) is 4.34. The summed E-state index contributed by atoms with van der Waals surface area (Å²) in [5.41, 5.74) is 6.36. The van der Waals surface area contributed by atoms with E-state index in [4.69, 9.17) is 4.99 Å². The second-order valence-corrected chi connectivity index (χ2v) is 5.70. The molecule has 1 atom stereocenters. The van der Waals surface area contributed by atoms with Crippen molar-refractivity contribution in [2.75, 3.05) is 0 Å². The van der Waals surface area contributed by atoms with E-state index in [0.717, 1.165) is 5.84 Å². The van der Waals surface area contributed by atoms with Gasteiger partial charge >= 0.3 is 0 Å². The number of hydrogen-bond acceptors (Lipinski definition) is 3.